The van der Waals surface area contributed by atoms with Gasteiger partial charge < -0.3 is 4.57 Å². The number of benzene rings is 1. The fourth-order valence-electron chi connectivity index (χ4n) is 1.83. The highest BCUT2D eigenvalue weighted by molar-refractivity contribution is 7.07. The number of nitrogens with zero attached hydrogens (tertiary/aromatic N) is 2. The number of amides is 1. The molecule has 0 atom stereocenters. The number of hydrogen-bond donors (Lipinski definition) is 0. The summed E-state index contributed by atoms with van der Waals surface area (Å²) in [6.45, 7) is 0.396. The Bertz CT molecular complexity index is 670. The van der Waals surface area contributed by atoms with Gasteiger partial charge in [-0.05, 0) is 18.9 Å². The van der Waals surface area contributed by atoms with E-state index in [4.69, 9.17) is 0 Å². The van der Waals surface area contributed by atoms with Crippen LogP contribution in [0.5, 0.6) is 0 Å². The second kappa shape index (κ2) is 5.09. The first-order chi connectivity index (χ1) is 9.24. The summed E-state index contributed by atoms with van der Waals surface area (Å²) in [7, 11) is 0. The van der Waals surface area contributed by atoms with Crippen LogP contribution in [0.3, 0.4) is 0 Å². The van der Waals surface area contributed by atoms with Gasteiger partial charge in [0.1, 0.15) is 5.82 Å². The smallest absolute Gasteiger partial charge is 0.251 e. The van der Waals surface area contributed by atoms with Crippen molar-refractivity contribution < 1.29 is 9.18 Å². The SMILES string of the molecule is O=C(N=c1sccn1Cc1ccccc1F)C1CC1. The van der Waals surface area contributed by atoms with E-state index in [9.17, 15) is 9.18 Å². The molecule has 5 heteroatoms. The maximum atomic E-state index is 13.6. The van der Waals surface area contributed by atoms with Crippen LogP contribution in [0.2, 0.25) is 0 Å². The molecule has 1 aromatic heterocycles. The Kier molecular flexibility index (Phi) is 3.29. The number of thiazole rings is 1. The Balaban J connectivity index is 1.88. The van der Waals surface area contributed by atoms with Gasteiger partial charge in [0.25, 0.3) is 5.91 Å². The quantitative estimate of drug-likeness (QED) is 0.848. The summed E-state index contributed by atoms with van der Waals surface area (Å²) in [5.41, 5.74) is 0.598. The van der Waals surface area contributed by atoms with Crippen molar-refractivity contribution >= 4 is 17.2 Å². The topological polar surface area (TPSA) is 34.4 Å². The maximum Gasteiger partial charge on any atom is 0.251 e. The van der Waals surface area contributed by atoms with Gasteiger partial charge in [0, 0.05) is 23.1 Å². The van der Waals surface area contributed by atoms with Gasteiger partial charge in [-0.2, -0.15) is 4.99 Å². The fourth-order valence-corrected chi connectivity index (χ4v) is 2.57. The van der Waals surface area contributed by atoms with Crippen LogP contribution in [0.25, 0.3) is 0 Å². The summed E-state index contributed by atoms with van der Waals surface area (Å²) >= 11 is 1.40. The predicted molar refractivity (Wildman–Crippen MR) is 71.1 cm³/mol. The fraction of sp³-hybridized carbons (Fsp3) is 0.286. The van der Waals surface area contributed by atoms with Crippen molar-refractivity contribution in [3.8, 4) is 0 Å². The lowest BCUT2D eigenvalue weighted by atomic mass is 10.2. The van der Waals surface area contributed by atoms with Crippen LogP contribution in [0.15, 0.2) is 40.8 Å². The highest BCUT2D eigenvalue weighted by atomic mass is 32.1. The minimum absolute atomic E-state index is 0.0512. The lowest BCUT2D eigenvalue weighted by Gasteiger charge is -2.04. The van der Waals surface area contributed by atoms with Crippen molar-refractivity contribution in [2.24, 2.45) is 10.9 Å². The highest BCUT2D eigenvalue weighted by Gasteiger charge is 2.29. The number of carbonyl (C=O) groups is 1. The molecular formula is C14H13FN2OS. The van der Waals surface area contributed by atoms with Gasteiger partial charge in [0.15, 0.2) is 4.80 Å². The molecule has 0 spiro atoms. The number of aromatic nitrogens is 1. The molecule has 1 saturated carbocycles. The van der Waals surface area contributed by atoms with E-state index in [1.165, 1.54) is 17.4 Å². The zero-order valence-corrected chi connectivity index (χ0v) is 11.1. The first-order valence-corrected chi connectivity index (χ1v) is 7.08. The van der Waals surface area contributed by atoms with E-state index in [0.29, 0.717) is 16.9 Å². The average molecular weight is 276 g/mol. The van der Waals surface area contributed by atoms with Crippen LogP contribution in [-0.2, 0) is 11.3 Å². The Hall–Kier alpha value is -1.75. The molecule has 0 unspecified atom stereocenters. The van der Waals surface area contributed by atoms with E-state index in [-0.39, 0.29) is 17.6 Å². The third-order valence-electron chi connectivity index (χ3n) is 3.09. The first kappa shape index (κ1) is 12.3. The van der Waals surface area contributed by atoms with Crippen LogP contribution in [0.1, 0.15) is 18.4 Å². The van der Waals surface area contributed by atoms with Crippen molar-refractivity contribution in [2.45, 2.75) is 19.4 Å². The molecule has 0 radical (unpaired) electrons. The normalized spacial score (nSPS) is 15.7. The molecule has 0 N–H and O–H groups in total. The largest absolute Gasteiger partial charge is 0.319 e. The Morgan fingerprint density at radius 2 is 2.21 bits per heavy atom. The van der Waals surface area contributed by atoms with E-state index in [2.05, 4.69) is 4.99 Å². The summed E-state index contributed by atoms with van der Waals surface area (Å²) in [6, 6.07) is 6.65. The molecular weight excluding hydrogens is 263 g/mol. The van der Waals surface area contributed by atoms with Crippen molar-refractivity contribution in [1.82, 2.24) is 4.57 Å². The molecule has 1 aromatic carbocycles. The number of halogens is 1. The average Bonchev–Trinajstić information content (AvgIpc) is 3.17. The minimum atomic E-state index is -0.235. The van der Waals surface area contributed by atoms with Crippen molar-refractivity contribution in [3.63, 3.8) is 0 Å². The molecule has 1 heterocycles. The molecule has 2 aromatic rings. The summed E-state index contributed by atoms with van der Waals surface area (Å²) in [5.74, 6) is -0.172. The lowest BCUT2D eigenvalue weighted by Crippen LogP contribution is -2.18. The summed E-state index contributed by atoms with van der Waals surface area (Å²) in [4.78, 5) is 16.5. The Morgan fingerprint density at radius 3 is 2.95 bits per heavy atom. The van der Waals surface area contributed by atoms with E-state index in [1.54, 1.807) is 18.2 Å². The molecule has 1 aliphatic rings. The zero-order chi connectivity index (χ0) is 13.2. The second-order valence-electron chi connectivity index (χ2n) is 4.63. The summed E-state index contributed by atoms with van der Waals surface area (Å²) in [5, 5.41) is 1.86. The van der Waals surface area contributed by atoms with Crippen LogP contribution < -0.4 is 4.80 Å². The van der Waals surface area contributed by atoms with Crippen LogP contribution in [0.4, 0.5) is 4.39 Å². The molecule has 1 fully saturated rings. The number of hydrogen-bond acceptors (Lipinski definition) is 2. The maximum absolute atomic E-state index is 13.6. The van der Waals surface area contributed by atoms with E-state index in [1.807, 2.05) is 16.1 Å². The molecule has 98 valence electrons. The van der Waals surface area contributed by atoms with Crippen molar-refractivity contribution in [3.05, 3.63) is 52.0 Å². The molecule has 0 saturated heterocycles. The van der Waals surface area contributed by atoms with Crippen LogP contribution in [0, 0.1) is 11.7 Å². The van der Waals surface area contributed by atoms with Gasteiger partial charge in [-0.1, -0.05) is 18.2 Å². The third kappa shape index (κ3) is 2.81. The zero-order valence-electron chi connectivity index (χ0n) is 10.3. The van der Waals surface area contributed by atoms with Gasteiger partial charge >= 0.3 is 0 Å². The first-order valence-electron chi connectivity index (χ1n) is 6.20. The monoisotopic (exact) mass is 276 g/mol. The third-order valence-corrected chi connectivity index (χ3v) is 3.89. The summed E-state index contributed by atoms with van der Waals surface area (Å²) < 4.78 is 15.4. The molecule has 19 heavy (non-hydrogen) atoms. The molecule has 0 bridgehead atoms. The molecule has 3 rings (SSSR count). The second-order valence-corrected chi connectivity index (χ2v) is 5.50. The molecule has 1 amide bonds. The molecule has 1 aliphatic carbocycles. The number of carbonyl (C=O) groups excluding carboxylic acids is 1. The van der Waals surface area contributed by atoms with E-state index < -0.39 is 0 Å². The Labute approximate surface area is 114 Å². The highest BCUT2D eigenvalue weighted by Crippen LogP contribution is 2.29. The van der Waals surface area contributed by atoms with Crippen molar-refractivity contribution in [2.75, 3.05) is 0 Å². The van der Waals surface area contributed by atoms with E-state index >= 15 is 0 Å². The minimum Gasteiger partial charge on any atom is -0.319 e. The van der Waals surface area contributed by atoms with Gasteiger partial charge in [0.05, 0.1) is 6.54 Å². The molecule has 0 aliphatic heterocycles. The van der Waals surface area contributed by atoms with Gasteiger partial charge in [0.2, 0.25) is 0 Å². The lowest BCUT2D eigenvalue weighted by molar-refractivity contribution is -0.119. The predicted octanol–water partition coefficient (Wildman–Crippen LogP) is 2.57. The Morgan fingerprint density at radius 1 is 1.42 bits per heavy atom. The number of rotatable bonds is 3. The molecule has 3 nitrogen and oxygen atoms in total. The standard InChI is InChI=1S/C14H13FN2OS/c15-12-4-2-1-3-11(12)9-17-7-8-19-14(17)16-13(18)10-5-6-10/h1-4,7-8,10H,5-6,9H2. The van der Waals surface area contributed by atoms with Gasteiger partial charge in [-0.25, -0.2) is 4.39 Å². The van der Waals surface area contributed by atoms with Crippen LogP contribution in [-0.4, -0.2) is 10.5 Å². The van der Waals surface area contributed by atoms with E-state index in [0.717, 1.165) is 12.8 Å². The van der Waals surface area contributed by atoms with Crippen molar-refractivity contribution in [1.29, 1.82) is 0 Å². The summed E-state index contributed by atoms with van der Waals surface area (Å²) in [6.07, 6.45) is 3.72. The van der Waals surface area contributed by atoms with Gasteiger partial charge in [-0.15, -0.1) is 11.3 Å². The van der Waals surface area contributed by atoms with Crippen LogP contribution >= 0.6 is 11.3 Å². The van der Waals surface area contributed by atoms with Gasteiger partial charge in [-0.3, -0.25) is 4.79 Å².